The van der Waals surface area contributed by atoms with Crippen molar-refractivity contribution in [1.29, 1.82) is 0 Å². The van der Waals surface area contributed by atoms with Crippen molar-refractivity contribution >= 4 is 17.8 Å². The second-order valence-electron chi connectivity index (χ2n) is 5.13. The molecule has 2 N–H and O–H groups in total. The average molecular weight is 367 g/mol. The first-order chi connectivity index (χ1) is 12.3. The molecular formula is C17H16F3N3O3. The van der Waals surface area contributed by atoms with Crippen molar-refractivity contribution in [3.63, 3.8) is 0 Å². The van der Waals surface area contributed by atoms with Crippen molar-refractivity contribution in [2.75, 3.05) is 11.9 Å². The van der Waals surface area contributed by atoms with Crippen LogP contribution in [-0.2, 0) is 15.1 Å². The molecule has 2 aromatic rings. The molecule has 0 saturated carbocycles. The Labute approximate surface area is 147 Å². The quantitative estimate of drug-likeness (QED) is 0.795. The number of carbonyl (C=O) groups excluding carboxylic acids is 2. The van der Waals surface area contributed by atoms with Gasteiger partial charge in [-0.25, -0.2) is 14.6 Å². The summed E-state index contributed by atoms with van der Waals surface area (Å²) in [5.74, 6) is -1.60. The van der Waals surface area contributed by atoms with Gasteiger partial charge in [0.15, 0.2) is 0 Å². The SMILES string of the molecule is CCOC(=O)C(NC(=O)Nc1ccccn1)(c1ccccc1)C(F)(F)F. The number of nitrogens with zero attached hydrogens (tertiary/aromatic N) is 1. The van der Waals surface area contributed by atoms with Gasteiger partial charge in [-0.15, -0.1) is 0 Å². The Hall–Kier alpha value is -3.10. The fourth-order valence-corrected chi connectivity index (χ4v) is 2.27. The lowest BCUT2D eigenvalue weighted by Gasteiger charge is -2.34. The normalized spacial score (nSPS) is 13.4. The molecule has 0 aliphatic heterocycles. The summed E-state index contributed by atoms with van der Waals surface area (Å²) in [5, 5.41) is 3.90. The summed E-state index contributed by atoms with van der Waals surface area (Å²) in [6, 6.07) is 9.58. The first kappa shape index (κ1) is 19.2. The van der Waals surface area contributed by atoms with Crippen LogP contribution in [0.25, 0.3) is 0 Å². The number of alkyl halides is 3. The highest BCUT2D eigenvalue weighted by atomic mass is 19.4. The predicted octanol–water partition coefficient (Wildman–Crippen LogP) is 3.22. The molecule has 2 rings (SSSR count). The van der Waals surface area contributed by atoms with Gasteiger partial charge in [-0.2, -0.15) is 13.2 Å². The summed E-state index contributed by atoms with van der Waals surface area (Å²) < 4.78 is 46.5. The van der Waals surface area contributed by atoms with Crippen LogP contribution in [0.15, 0.2) is 54.7 Å². The van der Waals surface area contributed by atoms with E-state index >= 15 is 0 Å². The van der Waals surface area contributed by atoms with E-state index in [0.29, 0.717) is 0 Å². The topological polar surface area (TPSA) is 80.3 Å². The number of anilines is 1. The first-order valence-electron chi connectivity index (χ1n) is 7.61. The highest BCUT2D eigenvalue weighted by Gasteiger charge is 2.64. The van der Waals surface area contributed by atoms with Gasteiger partial charge in [-0.3, -0.25) is 5.32 Å². The highest BCUT2D eigenvalue weighted by Crippen LogP contribution is 2.40. The standard InChI is InChI=1S/C17H16F3N3O3/c1-2-26-14(24)16(17(18,19)20,12-8-4-3-5-9-12)23-15(25)22-13-10-6-7-11-21-13/h3-11H,2H2,1H3,(H2,21,22,23,25). The molecule has 0 aliphatic carbocycles. The number of ether oxygens (including phenoxy) is 1. The molecule has 1 aromatic carbocycles. The summed E-state index contributed by atoms with van der Waals surface area (Å²) in [6.45, 7) is 1.09. The van der Waals surface area contributed by atoms with E-state index < -0.39 is 29.3 Å². The van der Waals surface area contributed by atoms with E-state index in [4.69, 9.17) is 0 Å². The number of carbonyl (C=O) groups is 2. The van der Waals surface area contributed by atoms with E-state index in [1.54, 1.807) is 17.4 Å². The van der Waals surface area contributed by atoms with Crippen molar-refractivity contribution in [1.82, 2.24) is 10.3 Å². The van der Waals surface area contributed by atoms with Crippen molar-refractivity contribution in [2.45, 2.75) is 18.6 Å². The summed E-state index contributed by atoms with van der Waals surface area (Å²) in [4.78, 5) is 28.3. The van der Waals surface area contributed by atoms with Crippen LogP contribution in [-0.4, -0.2) is 29.8 Å². The summed E-state index contributed by atoms with van der Waals surface area (Å²) in [5.41, 5.74) is -3.83. The number of amides is 2. The number of nitrogens with one attached hydrogen (secondary N) is 2. The fourth-order valence-electron chi connectivity index (χ4n) is 2.27. The number of esters is 1. The molecule has 2 amide bonds. The molecule has 0 fully saturated rings. The number of urea groups is 1. The third-order valence-electron chi connectivity index (χ3n) is 3.42. The monoisotopic (exact) mass is 367 g/mol. The Morgan fingerprint density at radius 2 is 1.73 bits per heavy atom. The van der Waals surface area contributed by atoms with Gasteiger partial charge >= 0.3 is 18.2 Å². The summed E-state index contributed by atoms with van der Waals surface area (Å²) in [7, 11) is 0. The molecule has 26 heavy (non-hydrogen) atoms. The van der Waals surface area contributed by atoms with E-state index in [-0.39, 0.29) is 12.4 Å². The van der Waals surface area contributed by atoms with E-state index in [2.05, 4.69) is 15.0 Å². The molecule has 0 saturated heterocycles. The van der Waals surface area contributed by atoms with Gasteiger partial charge in [-0.05, 0) is 24.6 Å². The predicted molar refractivity (Wildman–Crippen MR) is 87.2 cm³/mol. The first-order valence-corrected chi connectivity index (χ1v) is 7.61. The molecule has 9 heteroatoms. The van der Waals surface area contributed by atoms with Crippen molar-refractivity contribution in [3.8, 4) is 0 Å². The zero-order valence-corrected chi connectivity index (χ0v) is 13.7. The Bertz CT molecular complexity index is 754. The third-order valence-corrected chi connectivity index (χ3v) is 3.42. The van der Waals surface area contributed by atoms with Crippen LogP contribution in [0.2, 0.25) is 0 Å². The van der Waals surface area contributed by atoms with Crippen molar-refractivity contribution in [3.05, 3.63) is 60.3 Å². The molecule has 1 aromatic heterocycles. The van der Waals surface area contributed by atoms with Crippen molar-refractivity contribution in [2.24, 2.45) is 0 Å². The number of pyridine rings is 1. The molecule has 1 unspecified atom stereocenters. The van der Waals surface area contributed by atoms with Gasteiger partial charge in [0, 0.05) is 6.20 Å². The zero-order chi connectivity index (χ0) is 19.2. The van der Waals surface area contributed by atoms with Crippen LogP contribution >= 0.6 is 0 Å². The van der Waals surface area contributed by atoms with Crippen LogP contribution in [0, 0.1) is 0 Å². The van der Waals surface area contributed by atoms with Gasteiger partial charge in [-0.1, -0.05) is 36.4 Å². The molecule has 0 spiro atoms. The lowest BCUT2D eigenvalue weighted by atomic mass is 9.89. The third kappa shape index (κ3) is 3.93. The fraction of sp³-hybridized carbons (Fsp3) is 0.235. The number of hydrogen-bond acceptors (Lipinski definition) is 4. The molecule has 0 aliphatic rings. The van der Waals surface area contributed by atoms with Gasteiger partial charge < -0.3 is 10.1 Å². The van der Waals surface area contributed by atoms with E-state index in [1.165, 1.54) is 37.4 Å². The summed E-state index contributed by atoms with van der Waals surface area (Å²) >= 11 is 0. The van der Waals surface area contributed by atoms with Crippen LogP contribution in [0.3, 0.4) is 0 Å². The van der Waals surface area contributed by atoms with Gasteiger partial charge in [0.25, 0.3) is 5.54 Å². The average Bonchev–Trinajstić information content (AvgIpc) is 2.60. The van der Waals surface area contributed by atoms with E-state index in [0.717, 1.165) is 12.1 Å². The smallest absolute Gasteiger partial charge is 0.426 e. The minimum atomic E-state index is -5.15. The number of aromatic nitrogens is 1. The maximum Gasteiger partial charge on any atom is 0.426 e. The molecular weight excluding hydrogens is 351 g/mol. The molecule has 0 radical (unpaired) electrons. The van der Waals surface area contributed by atoms with Gasteiger partial charge in [0.2, 0.25) is 0 Å². The second kappa shape index (κ2) is 7.85. The Morgan fingerprint density at radius 3 is 2.27 bits per heavy atom. The van der Waals surface area contributed by atoms with Crippen LogP contribution in [0.4, 0.5) is 23.8 Å². The second-order valence-corrected chi connectivity index (χ2v) is 5.13. The number of hydrogen-bond donors (Lipinski definition) is 2. The lowest BCUT2D eigenvalue weighted by molar-refractivity contribution is -0.213. The highest BCUT2D eigenvalue weighted by molar-refractivity contribution is 5.95. The Morgan fingerprint density at radius 1 is 1.08 bits per heavy atom. The maximum absolute atomic E-state index is 14.0. The zero-order valence-electron chi connectivity index (χ0n) is 13.7. The number of rotatable bonds is 5. The van der Waals surface area contributed by atoms with Crippen LogP contribution in [0.1, 0.15) is 12.5 Å². The van der Waals surface area contributed by atoms with Crippen molar-refractivity contribution < 1.29 is 27.5 Å². The molecule has 0 bridgehead atoms. The minimum absolute atomic E-state index is 0.0259. The van der Waals surface area contributed by atoms with Crippen LogP contribution in [0.5, 0.6) is 0 Å². The van der Waals surface area contributed by atoms with E-state index in [1.807, 2.05) is 0 Å². The summed E-state index contributed by atoms with van der Waals surface area (Å²) in [6.07, 6.45) is -3.79. The molecule has 138 valence electrons. The Kier molecular flexibility index (Phi) is 5.81. The lowest BCUT2D eigenvalue weighted by Crippen LogP contribution is -2.62. The minimum Gasteiger partial charge on any atom is -0.464 e. The van der Waals surface area contributed by atoms with Crippen LogP contribution < -0.4 is 10.6 Å². The van der Waals surface area contributed by atoms with E-state index in [9.17, 15) is 22.8 Å². The molecule has 6 nitrogen and oxygen atoms in total. The van der Waals surface area contributed by atoms with Gasteiger partial charge in [0.1, 0.15) is 5.82 Å². The largest absolute Gasteiger partial charge is 0.464 e. The maximum atomic E-state index is 14.0. The molecule has 1 heterocycles. The Balaban J connectivity index is 2.45. The number of benzene rings is 1. The number of halogens is 3. The molecule has 1 atom stereocenters. The van der Waals surface area contributed by atoms with Gasteiger partial charge in [0.05, 0.1) is 6.61 Å².